The second-order valence-electron chi connectivity index (χ2n) is 3.49. The molecule has 0 fully saturated rings. The molecule has 0 amide bonds. The Kier molecular flexibility index (Phi) is 4.03. The van der Waals surface area contributed by atoms with Crippen LogP contribution < -0.4 is 0 Å². The molecule has 0 radical (unpaired) electrons. The molecule has 1 aliphatic carbocycles. The van der Waals surface area contributed by atoms with Crippen molar-refractivity contribution >= 4 is 0 Å². The van der Waals surface area contributed by atoms with Gasteiger partial charge in [-0.15, -0.1) is 0 Å². The van der Waals surface area contributed by atoms with Crippen molar-refractivity contribution in [2.45, 2.75) is 13.8 Å². The van der Waals surface area contributed by atoms with E-state index < -0.39 is 0 Å². The molecular formula is C11H18O2. The zero-order valence-corrected chi connectivity index (χ0v) is 8.62. The molecule has 2 atom stereocenters. The van der Waals surface area contributed by atoms with E-state index in [0.717, 1.165) is 5.76 Å². The lowest BCUT2D eigenvalue weighted by atomic mass is 9.91. The van der Waals surface area contributed by atoms with Gasteiger partial charge in [0.1, 0.15) is 12.4 Å². The first kappa shape index (κ1) is 10.3. The molecule has 0 aromatic rings. The van der Waals surface area contributed by atoms with Gasteiger partial charge in [0.15, 0.2) is 0 Å². The summed E-state index contributed by atoms with van der Waals surface area (Å²) in [6.07, 6.45) is 6.40. The molecular weight excluding hydrogens is 164 g/mol. The quantitative estimate of drug-likeness (QED) is 0.621. The van der Waals surface area contributed by atoms with Crippen LogP contribution in [0.5, 0.6) is 0 Å². The summed E-state index contributed by atoms with van der Waals surface area (Å²) in [5, 5.41) is 0. The van der Waals surface area contributed by atoms with E-state index in [9.17, 15) is 0 Å². The Morgan fingerprint density at radius 2 is 2.00 bits per heavy atom. The molecule has 0 spiro atoms. The smallest absolute Gasteiger partial charge is 0.115 e. The van der Waals surface area contributed by atoms with Crippen molar-refractivity contribution < 1.29 is 9.47 Å². The van der Waals surface area contributed by atoms with E-state index in [1.54, 1.807) is 7.11 Å². The minimum atomic E-state index is 0.572. The highest BCUT2D eigenvalue weighted by Gasteiger charge is 2.12. The van der Waals surface area contributed by atoms with E-state index in [1.165, 1.54) is 0 Å². The predicted molar refractivity (Wildman–Crippen MR) is 53.4 cm³/mol. The van der Waals surface area contributed by atoms with Crippen LogP contribution >= 0.6 is 0 Å². The van der Waals surface area contributed by atoms with Gasteiger partial charge < -0.3 is 9.47 Å². The van der Waals surface area contributed by atoms with Crippen molar-refractivity contribution in [3.8, 4) is 0 Å². The van der Waals surface area contributed by atoms with Gasteiger partial charge in [-0.05, 0) is 24.0 Å². The molecule has 1 rings (SSSR count). The molecule has 0 aliphatic heterocycles. The fourth-order valence-corrected chi connectivity index (χ4v) is 1.23. The van der Waals surface area contributed by atoms with Crippen molar-refractivity contribution in [3.63, 3.8) is 0 Å². The molecule has 0 aromatic heterocycles. The highest BCUT2D eigenvalue weighted by Crippen LogP contribution is 2.22. The first-order valence-corrected chi connectivity index (χ1v) is 4.76. The number of hydrogen-bond acceptors (Lipinski definition) is 2. The van der Waals surface area contributed by atoms with Gasteiger partial charge in [-0.25, -0.2) is 0 Å². The predicted octanol–water partition coefficient (Wildman–Crippen LogP) is 2.38. The van der Waals surface area contributed by atoms with Crippen LogP contribution in [0.4, 0.5) is 0 Å². The second kappa shape index (κ2) is 5.07. The molecule has 2 heteroatoms. The number of methoxy groups -OCH3 is 1. The fraction of sp³-hybridized carbons (Fsp3) is 0.636. The Morgan fingerprint density at radius 3 is 2.62 bits per heavy atom. The third-order valence-electron chi connectivity index (χ3n) is 2.38. The summed E-state index contributed by atoms with van der Waals surface area (Å²) in [6, 6.07) is 0. The maximum absolute atomic E-state index is 5.49. The standard InChI is InChI=1S/C11H18O2/c1-9-4-5-11(8-10(9)2)13-7-6-12-3/h4-5,8-10H,6-7H2,1-3H3. The highest BCUT2D eigenvalue weighted by molar-refractivity contribution is 5.19. The second-order valence-corrected chi connectivity index (χ2v) is 3.49. The van der Waals surface area contributed by atoms with E-state index in [0.29, 0.717) is 25.0 Å². The van der Waals surface area contributed by atoms with Gasteiger partial charge in [-0.2, -0.15) is 0 Å². The van der Waals surface area contributed by atoms with Crippen molar-refractivity contribution in [2.75, 3.05) is 20.3 Å². The molecule has 0 aromatic carbocycles. The normalized spacial score (nSPS) is 27.2. The van der Waals surface area contributed by atoms with E-state index in [4.69, 9.17) is 9.47 Å². The van der Waals surface area contributed by atoms with Crippen LogP contribution in [0, 0.1) is 11.8 Å². The highest BCUT2D eigenvalue weighted by atomic mass is 16.5. The Labute approximate surface area is 80.2 Å². The molecule has 74 valence electrons. The van der Waals surface area contributed by atoms with Gasteiger partial charge in [0.05, 0.1) is 6.61 Å². The number of hydrogen-bond donors (Lipinski definition) is 0. The van der Waals surface area contributed by atoms with Crippen LogP contribution in [0.2, 0.25) is 0 Å². The molecule has 2 unspecified atom stereocenters. The minimum Gasteiger partial charge on any atom is -0.492 e. The number of allylic oxidation sites excluding steroid dienone is 3. The van der Waals surface area contributed by atoms with Gasteiger partial charge in [0, 0.05) is 7.11 Å². The summed E-state index contributed by atoms with van der Waals surface area (Å²) in [6.45, 7) is 5.69. The van der Waals surface area contributed by atoms with Crippen molar-refractivity contribution in [3.05, 3.63) is 24.0 Å². The SMILES string of the molecule is COCCOC1=CC(C)C(C)C=C1. The van der Waals surface area contributed by atoms with Crippen molar-refractivity contribution in [2.24, 2.45) is 11.8 Å². The summed E-state index contributed by atoms with van der Waals surface area (Å²) in [5.41, 5.74) is 0. The minimum absolute atomic E-state index is 0.572. The largest absolute Gasteiger partial charge is 0.492 e. The fourth-order valence-electron chi connectivity index (χ4n) is 1.23. The molecule has 0 heterocycles. The van der Waals surface area contributed by atoms with E-state index >= 15 is 0 Å². The monoisotopic (exact) mass is 182 g/mol. The molecule has 0 N–H and O–H groups in total. The summed E-state index contributed by atoms with van der Waals surface area (Å²) >= 11 is 0. The third-order valence-corrected chi connectivity index (χ3v) is 2.38. The van der Waals surface area contributed by atoms with Gasteiger partial charge >= 0.3 is 0 Å². The van der Waals surface area contributed by atoms with Crippen LogP contribution in [0.15, 0.2) is 24.0 Å². The van der Waals surface area contributed by atoms with Gasteiger partial charge in [0.2, 0.25) is 0 Å². The topological polar surface area (TPSA) is 18.5 Å². The average molecular weight is 182 g/mol. The first-order chi connectivity index (χ1) is 6.24. The lowest BCUT2D eigenvalue weighted by Crippen LogP contribution is -2.09. The molecule has 0 saturated carbocycles. The molecule has 2 nitrogen and oxygen atoms in total. The van der Waals surface area contributed by atoms with E-state index in [-0.39, 0.29) is 0 Å². The third kappa shape index (κ3) is 3.23. The lowest BCUT2D eigenvalue weighted by Gasteiger charge is -2.19. The maximum atomic E-state index is 5.49. The van der Waals surface area contributed by atoms with Crippen LogP contribution in [0.25, 0.3) is 0 Å². The lowest BCUT2D eigenvalue weighted by molar-refractivity contribution is 0.113. The van der Waals surface area contributed by atoms with E-state index in [1.807, 2.05) is 6.08 Å². The first-order valence-electron chi connectivity index (χ1n) is 4.76. The van der Waals surface area contributed by atoms with Crippen molar-refractivity contribution in [1.82, 2.24) is 0 Å². The van der Waals surface area contributed by atoms with Gasteiger partial charge in [-0.1, -0.05) is 19.9 Å². The van der Waals surface area contributed by atoms with Crippen LogP contribution in [0.3, 0.4) is 0 Å². The van der Waals surface area contributed by atoms with Crippen LogP contribution in [-0.2, 0) is 9.47 Å². The van der Waals surface area contributed by atoms with Crippen molar-refractivity contribution in [1.29, 1.82) is 0 Å². The van der Waals surface area contributed by atoms with Crippen LogP contribution in [-0.4, -0.2) is 20.3 Å². The van der Waals surface area contributed by atoms with E-state index in [2.05, 4.69) is 26.0 Å². The summed E-state index contributed by atoms with van der Waals surface area (Å²) in [4.78, 5) is 0. The van der Waals surface area contributed by atoms with Gasteiger partial charge in [0.25, 0.3) is 0 Å². The maximum Gasteiger partial charge on any atom is 0.115 e. The Hall–Kier alpha value is -0.760. The zero-order chi connectivity index (χ0) is 9.68. The number of rotatable bonds is 4. The van der Waals surface area contributed by atoms with Gasteiger partial charge in [-0.3, -0.25) is 0 Å². The molecule has 1 aliphatic rings. The Bertz CT molecular complexity index is 206. The number of ether oxygens (including phenoxy) is 2. The zero-order valence-electron chi connectivity index (χ0n) is 8.62. The molecule has 0 saturated heterocycles. The summed E-state index contributed by atoms with van der Waals surface area (Å²) in [7, 11) is 1.68. The molecule has 13 heavy (non-hydrogen) atoms. The summed E-state index contributed by atoms with van der Waals surface area (Å²) in [5.74, 6) is 2.17. The Balaban J connectivity index is 2.35. The average Bonchev–Trinajstić information content (AvgIpc) is 2.12. The molecule has 0 bridgehead atoms. The van der Waals surface area contributed by atoms with Crippen LogP contribution in [0.1, 0.15) is 13.8 Å². The summed E-state index contributed by atoms with van der Waals surface area (Å²) < 4.78 is 10.4. The Morgan fingerprint density at radius 1 is 1.23 bits per heavy atom.